The zero-order chi connectivity index (χ0) is 15.4. The molecule has 0 radical (unpaired) electrons. The van der Waals surface area contributed by atoms with Crippen LogP contribution in [0.5, 0.6) is 0 Å². The van der Waals surface area contributed by atoms with Gasteiger partial charge in [-0.1, -0.05) is 17.7 Å². The van der Waals surface area contributed by atoms with Crippen molar-refractivity contribution in [3.63, 3.8) is 0 Å². The van der Waals surface area contributed by atoms with Crippen molar-refractivity contribution in [2.75, 3.05) is 39.3 Å². The SMILES string of the molecule is O=C(c1cccc([N+](=O)[O-])c1Cl)N1CCN(CCO)CC1. The number of aliphatic hydroxyl groups excluding tert-OH is 1. The van der Waals surface area contributed by atoms with Crippen molar-refractivity contribution in [1.82, 2.24) is 9.80 Å². The van der Waals surface area contributed by atoms with Gasteiger partial charge in [-0.15, -0.1) is 0 Å². The first-order valence-electron chi connectivity index (χ1n) is 6.60. The first kappa shape index (κ1) is 15.7. The number of hydrogen-bond acceptors (Lipinski definition) is 5. The molecule has 8 heteroatoms. The second kappa shape index (κ2) is 6.84. The highest BCUT2D eigenvalue weighted by Crippen LogP contribution is 2.28. The van der Waals surface area contributed by atoms with Crippen molar-refractivity contribution >= 4 is 23.2 Å². The van der Waals surface area contributed by atoms with Crippen LogP contribution in [0.1, 0.15) is 10.4 Å². The number of halogens is 1. The molecular formula is C13H16ClN3O4. The summed E-state index contributed by atoms with van der Waals surface area (Å²) in [6.07, 6.45) is 0. The first-order valence-corrected chi connectivity index (χ1v) is 6.97. The fourth-order valence-electron chi connectivity index (χ4n) is 2.31. The van der Waals surface area contributed by atoms with Gasteiger partial charge >= 0.3 is 0 Å². The molecule has 1 aliphatic rings. The molecule has 1 aromatic rings. The van der Waals surface area contributed by atoms with Gasteiger partial charge in [0.15, 0.2) is 0 Å². The fraction of sp³-hybridized carbons (Fsp3) is 0.462. The van der Waals surface area contributed by atoms with Gasteiger partial charge in [-0.05, 0) is 6.07 Å². The average Bonchev–Trinajstić information content (AvgIpc) is 2.47. The summed E-state index contributed by atoms with van der Waals surface area (Å²) in [5, 5.41) is 19.6. The van der Waals surface area contributed by atoms with E-state index in [1.54, 1.807) is 4.90 Å². The summed E-state index contributed by atoms with van der Waals surface area (Å²) in [4.78, 5) is 26.3. The lowest BCUT2D eigenvalue weighted by Crippen LogP contribution is -2.49. The number of aliphatic hydroxyl groups is 1. The van der Waals surface area contributed by atoms with Crippen LogP contribution in [0.25, 0.3) is 0 Å². The number of carbonyl (C=O) groups is 1. The zero-order valence-electron chi connectivity index (χ0n) is 11.4. The topological polar surface area (TPSA) is 86.9 Å². The van der Waals surface area contributed by atoms with Gasteiger partial charge in [0, 0.05) is 38.8 Å². The number of hydrogen-bond donors (Lipinski definition) is 1. The van der Waals surface area contributed by atoms with Crippen molar-refractivity contribution in [1.29, 1.82) is 0 Å². The lowest BCUT2D eigenvalue weighted by atomic mass is 10.1. The summed E-state index contributed by atoms with van der Waals surface area (Å²) in [5.41, 5.74) is -0.108. The second-order valence-electron chi connectivity index (χ2n) is 4.75. The van der Waals surface area contributed by atoms with Crippen molar-refractivity contribution < 1.29 is 14.8 Å². The zero-order valence-corrected chi connectivity index (χ0v) is 12.1. The highest BCUT2D eigenvalue weighted by molar-refractivity contribution is 6.35. The van der Waals surface area contributed by atoms with Crippen LogP contribution in [0, 0.1) is 10.1 Å². The number of carbonyl (C=O) groups excluding carboxylic acids is 1. The fourth-order valence-corrected chi connectivity index (χ4v) is 2.59. The number of β-amino-alcohol motifs (C(OH)–C–C–N with tert-alkyl or cyclic N) is 1. The predicted octanol–water partition coefficient (Wildman–Crippen LogP) is 0.998. The molecule has 1 aromatic carbocycles. The minimum absolute atomic E-state index is 0.0880. The number of nitro groups is 1. The third-order valence-corrected chi connectivity index (χ3v) is 3.88. The smallest absolute Gasteiger partial charge is 0.288 e. The van der Waals surface area contributed by atoms with Gasteiger partial charge in [-0.2, -0.15) is 0 Å². The molecule has 1 aliphatic heterocycles. The van der Waals surface area contributed by atoms with Crippen LogP contribution in [0.15, 0.2) is 18.2 Å². The molecule has 1 saturated heterocycles. The molecule has 7 nitrogen and oxygen atoms in total. The lowest BCUT2D eigenvalue weighted by Gasteiger charge is -2.34. The Labute approximate surface area is 126 Å². The Kier molecular flexibility index (Phi) is 5.11. The number of rotatable bonds is 4. The Morgan fingerprint density at radius 3 is 2.57 bits per heavy atom. The largest absolute Gasteiger partial charge is 0.395 e. The van der Waals surface area contributed by atoms with Crippen LogP contribution in [0.2, 0.25) is 5.02 Å². The van der Waals surface area contributed by atoms with Gasteiger partial charge in [0.05, 0.1) is 17.1 Å². The maximum atomic E-state index is 12.4. The molecule has 0 spiro atoms. The van der Waals surface area contributed by atoms with Crippen LogP contribution >= 0.6 is 11.6 Å². The van der Waals surface area contributed by atoms with Crippen molar-refractivity contribution in [3.05, 3.63) is 38.9 Å². The van der Waals surface area contributed by atoms with Crippen LogP contribution in [-0.4, -0.2) is 65.1 Å². The Bertz CT molecular complexity index is 544. The van der Waals surface area contributed by atoms with Gasteiger partial charge in [-0.3, -0.25) is 19.8 Å². The number of amides is 1. The normalized spacial score (nSPS) is 16.0. The van der Waals surface area contributed by atoms with E-state index in [0.717, 1.165) is 0 Å². The van der Waals surface area contributed by atoms with Gasteiger partial charge in [0.1, 0.15) is 5.02 Å². The Hall–Kier alpha value is -1.70. The van der Waals surface area contributed by atoms with E-state index in [2.05, 4.69) is 4.90 Å². The summed E-state index contributed by atoms with van der Waals surface area (Å²) in [6, 6.07) is 4.23. The highest BCUT2D eigenvalue weighted by Gasteiger charge is 2.26. The summed E-state index contributed by atoms with van der Waals surface area (Å²) >= 11 is 5.96. The Morgan fingerprint density at radius 1 is 1.33 bits per heavy atom. The van der Waals surface area contributed by atoms with Crippen molar-refractivity contribution in [3.8, 4) is 0 Å². The van der Waals surface area contributed by atoms with Gasteiger partial charge in [0.2, 0.25) is 0 Å². The molecule has 0 unspecified atom stereocenters. The minimum atomic E-state index is -0.599. The maximum absolute atomic E-state index is 12.4. The molecule has 0 bridgehead atoms. The van der Waals surface area contributed by atoms with Gasteiger partial charge in [-0.25, -0.2) is 0 Å². The Balaban J connectivity index is 2.11. The summed E-state index contributed by atoms with van der Waals surface area (Å²) in [7, 11) is 0. The average molecular weight is 314 g/mol. The molecule has 2 rings (SSSR count). The number of benzene rings is 1. The number of nitro benzene ring substituents is 1. The molecule has 1 amide bonds. The molecule has 0 aliphatic carbocycles. The third-order valence-electron chi connectivity index (χ3n) is 3.48. The van der Waals surface area contributed by atoms with Crippen LogP contribution < -0.4 is 0 Å². The van der Waals surface area contributed by atoms with Gasteiger partial charge < -0.3 is 10.0 Å². The molecule has 114 valence electrons. The maximum Gasteiger partial charge on any atom is 0.288 e. The molecule has 0 aromatic heterocycles. The monoisotopic (exact) mass is 313 g/mol. The van der Waals surface area contributed by atoms with Crippen molar-refractivity contribution in [2.45, 2.75) is 0 Å². The molecule has 21 heavy (non-hydrogen) atoms. The molecule has 1 N–H and O–H groups in total. The van der Waals surface area contributed by atoms with E-state index in [1.165, 1.54) is 18.2 Å². The molecule has 1 heterocycles. The summed E-state index contributed by atoms with van der Waals surface area (Å²) in [6.45, 7) is 3.03. The van der Waals surface area contributed by atoms with E-state index >= 15 is 0 Å². The second-order valence-corrected chi connectivity index (χ2v) is 5.13. The van der Waals surface area contributed by atoms with E-state index in [-0.39, 0.29) is 28.8 Å². The van der Waals surface area contributed by atoms with E-state index in [0.29, 0.717) is 32.7 Å². The van der Waals surface area contributed by atoms with Crippen LogP contribution in [0.3, 0.4) is 0 Å². The van der Waals surface area contributed by atoms with E-state index in [1.807, 2.05) is 0 Å². The van der Waals surface area contributed by atoms with Crippen LogP contribution in [-0.2, 0) is 0 Å². The molecule has 0 atom stereocenters. The molecule has 0 saturated carbocycles. The standard InChI is InChI=1S/C13H16ClN3O4/c14-12-10(2-1-3-11(12)17(20)21)13(19)16-6-4-15(5-7-16)8-9-18/h1-3,18H,4-9H2. The van der Waals surface area contributed by atoms with E-state index in [9.17, 15) is 14.9 Å². The quantitative estimate of drug-likeness (QED) is 0.662. The summed E-state index contributed by atoms with van der Waals surface area (Å²) < 4.78 is 0. The number of piperazine rings is 1. The summed E-state index contributed by atoms with van der Waals surface area (Å²) in [5.74, 6) is -0.299. The highest BCUT2D eigenvalue weighted by atomic mass is 35.5. The minimum Gasteiger partial charge on any atom is -0.395 e. The molecule has 1 fully saturated rings. The predicted molar refractivity (Wildman–Crippen MR) is 77.5 cm³/mol. The Morgan fingerprint density at radius 2 is 2.00 bits per heavy atom. The number of nitrogens with zero attached hydrogens (tertiary/aromatic N) is 3. The van der Waals surface area contributed by atoms with Gasteiger partial charge in [0.25, 0.3) is 11.6 Å². The molecular weight excluding hydrogens is 298 g/mol. The first-order chi connectivity index (χ1) is 10.0. The van der Waals surface area contributed by atoms with E-state index < -0.39 is 4.92 Å². The lowest BCUT2D eigenvalue weighted by molar-refractivity contribution is -0.384. The van der Waals surface area contributed by atoms with Crippen molar-refractivity contribution in [2.24, 2.45) is 0 Å². The third kappa shape index (κ3) is 3.49. The van der Waals surface area contributed by atoms with Crippen LogP contribution in [0.4, 0.5) is 5.69 Å². The van der Waals surface area contributed by atoms with E-state index in [4.69, 9.17) is 16.7 Å².